The Balaban J connectivity index is 1.47. The molecule has 3 heterocycles. The van der Waals surface area contributed by atoms with Crippen LogP contribution in [0.2, 0.25) is 0 Å². The number of hydrogen-bond acceptors (Lipinski definition) is 5. The van der Waals surface area contributed by atoms with Crippen LogP contribution in [-0.4, -0.2) is 20.1 Å². The van der Waals surface area contributed by atoms with Crippen LogP contribution in [0, 0.1) is 0 Å². The Hall–Kier alpha value is -3.15. The smallest absolute Gasteiger partial charge is 0.268 e. The van der Waals surface area contributed by atoms with Gasteiger partial charge in [-0.25, -0.2) is 4.98 Å². The number of imidazole rings is 1. The van der Waals surface area contributed by atoms with Crippen molar-refractivity contribution < 1.29 is 9.26 Å². The van der Waals surface area contributed by atoms with Crippen molar-refractivity contribution >= 4 is 11.0 Å². The van der Waals surface area contributed by atoms with Gasteiger partial charge in [0.2, 0.25) is 5.82 Å². The molecular formula is C17H12N4O2. The van der Waals surface area contributed by atoms with Gasteiger partial charge in [0.25, 0.3) is 5.89 Å². The van der Waals surface area contributed by atoms with E-state index in [4.69, 9.17) is 9.26 Å². The highest BCUT2D eigenvalue weighted by Gasteiger charge is 2.29. The van der Waals surface area contributed by atoms with Crippen molar-refractivity contribution in [1.82, 2.24) is 20.1 Å². The predicted octanol–water partition coefficient (Wildman–Crippen LogP) is 3.29. The van der Waals surface area contributed by atoms with E-state index in [0.717, 1.165) is 34.3 Å². The summed E-state index contributed by atoms with van der Waals surface area (Å²) in [7, 11) is 0. The van der Waals surface area contributed by atoms with Gasteiger partial charge >= 0.3 is 0 Å². The summed E-state index contributed by atoms with van der Waals surface area (Å²) in [4.78, 5) is 11.8. The number of H-pyrrole nitrogens is 1. The number of fused-ring (bicyclic) bond motifs is 2. The molecule has 6 nitrogen and oxygen atoms in total. The molecule has 0 amide bonds. The van der Waals surface area contributed by atoms with E-state index in [1.807, 2.05) is 36.4 Å². The lowest BCUT2D eigenvalue weighted by molar-refractivity contribution is 0.183. The summed E-state index contributed by atoms with van der Waals surface area (Å²) in [5.41, 5.74) is 3.90. The number of benzene rings is 2. The second-order valence-corrected chi connectivity index (χ2v) is 5.51. The topological polar surface area (TPSA) is 76.8 Å². The fraction of sp³-hybridized carbons (Fsp3) is 0.118. The number of ether oxygens (including phenoxy) is 1. The highest BCUT2D eigenvalue weighted by atomic mass is 16.5. The van der Waals surface area contributed by atoms with Gasteiger partial charge in [0.05, 0.1) is 17.4 Å². The van der Waals surface area contributed by atoms with E-state index in [9.17, 15) is 0 Å². The first-order valence-corrected chi connectivity index (χ1v) is 7.38. The maximum atomic E-state index is 5.89. The Morgan fingerprint density at radius 1 is 1.13 bits per heavy atom. The summed E-state index contributed by atoms with van der Waals surface area (Å²) in [5.74, 6) is 1.94. The van der Waals surface area contributed by atoms with Gasteiger partial charge in [0.1, 0.15) is 5.75 Å². The van der Waals surface area contributed by atoms with E-state index in [1.165, 1.54) is 0 Å². The number of rotatable bonds is 2. The molecule has 1 unspecified atom stereocenters. The van der Waals surface area contributed by atoms with Crippen molar-refractivity contribution in [3.05, 3.63) is 60.2 Å². The summed E-state index contributed by atoms with van der Waals surface area (Å²) in [6, 6.07) is 13.8. The number of para-hydroxylation sites is 1. The molecule has 0 fully saturated rings. The van der Waals surface area contributed by atoms with Gasteiger partial charge < -0.3 is 14.2 Å². The molecule has 4 aromatic rings. The molecule has 6 heteroatoms. The highest BCUT2D eigenvalue weighted by Crippen LogP contribution is 2.36. The zero-order chi connectivity index (χ0) is 15.2. The summed E-state index contributed by atoms with van der Waals surface area (Å²) in [5, 5.41) is 4.08. The van der Waals surface area contributed by atoms with Crippen LogP contribution in [0.3, 0.4) is 0 Å². The summed E-state index contributed by atoms with van der Waals surface area (Å²) in [6.07, 6.45) is 2.20. The molecule has 0 spiro atoms. The Bertz CT molecular complexity index is 979. The number of aromatic amines is 1. The van der Waals surface area contributed by atoms with Gasteiger partial charge in [-0.15, -0.1) is 0 Å². The Kier molecular flexibility index (Phi) is 2.52. The number of nitrogens with one attached hydrogen (secondary N) is 1. The molecule has 0 radical (unpaired) electrons. The average Bonchev–Trinajstić information content (AvgIpc) is 3.31. The predicted molar refractivity (Wildman–Crippen MR) is 82.9 cm³/mol. The fourth-order valence-electron chi connectivity index (χ4n) is 2.88. The van der Waals surface area contributed by atoms with Crippen molar-refractivity contribution in [1.29, 1.82) is 0 Å². The van der Waals surface area contributed by atoms with Crippen molar-refractivity contribution in [3.63, 3.8) is 0 Å². The van der Waals surface area contributed by atoms with Gasteiger partial charge in [-0.3, -0.25) is 0 Å². The van der Waals surface area contributed by atoms with Crippen LogP contribution in [0.1, 0.15) is 17.6 Å². The van der Waals surface area contributed by atoms with Gasteiger partial charge in [-0.2, -0.15) is 4.98 Å². The fourth-order valence-corrected chi connectivity index (χ4v) is 2.88. The Morgan fingerprint density at radius 3 is 3.04 bits per heavy atom. The van der Waals surface area contributed by atoms with Crippen LogP contribution >= 0.6 is 0 Å². The zero-order valence-electron chi connectivity index (χ0n) is 12.1. The SMILES string of the molecule is c1ccc2c(c1)CC(c1nc(-c3ccc4nc[nH]c4c3)no1)O2. The van der Waals surface area contributed by atoms with E-state index in [-0.39, 0.29) is 6.10 Å². The van der Waals surface area contributed by atoms with Gasteiger partial charge in [0.15, 0.2) is 6.10 Å². The molecule has 2 aromatic carbocycles. The largest absolute Gasteiger partial charge is 0.480 e. The normalized spacial score (nSPS) is 16.4. The quantitative estimate of drug-likeness (QED) is 0.615. The van der Waals surface area contributed by atoms with Gasteiger partial charge in [-0.1, -0.05) is 23.4 Å². The number of nitrogens with zero attached hydrogens (tertiary/aromatic N) is 3. The average molecular weight is 304 g/mol. The lowest BCUT2D eigenvalue weighted by Crippen LogP contribution is -2.03. The monoisotopic (exact) mass is 304 g/mol. The third kappa shape index (κ3) is 1.99. The van der Waals surface area contributed by atoms with Crippen LogP contribution in [0.15, 0.2) is 53.3 Å². The van der Waals surface area contributed by atoms with Crippen molar-refractivity contribution in [2.75, 3.05) is 0 Å². The molecule has 0 aliphatic carbocycles. The Labute approximate surface area is 131 Å². The van der Waals surface area contributed by atoms with E-state index in [2.05, 4.69) is 26.2 Å². The molecule has 1 aliphatic heterocycles. The summed E-state index contributed by atoms with van der Waals surface area (Å²) >= 11 is 0. The van der Waals surface area contributed by atoms with E-state index in [0.29, 0.717) is 11.7 Å². The van der Waals surface area contributed by atoms with E-state index in [1.54, 1.807) is 6.33 Å². The highest BCUT2D eigenvalue weighted by molar-refractivity contribution is 5.79. The first-order chi connectivity index (χ1) is 11.4. The maximum Gasteiger partial charge on any atom is 0.268 e. The molecule has 1 aliphatic rings. The molecule has 2 aromatic heterocycles. The lowest BCUT2D eigenvalue weighted by Gasteiger charge is -2.03. The van der Waals surface area contributed by atoms with E-state index >= 15 is 0 Å². The maximum absolute atomic E-state index is 5.89. The van der Waals surface area contributed by atoms with Gasteiger partial charge in [0, 0.05) is 12.0 Å². The molecule has 5 rings (SSSR count). The number of aromatic nitrogens is 4. The van der Waals surface area contributed by atoms with Crippen molar-refractivity contribution in [2.24, 2.45) is 0 Å². The molecule has 0 saturated carbocycles. The van der Waals surface area contributed by atoms with E-state index < -0.39 is 0 Å². The molecule has 1 N–H and O–H groups in total. The molecule has 0 saturated heterocycles. The van der Waals surface area contributed by atoms with Crippen LogP contribution in [-0.2, 0) is 6.42 Å². The zero-order valence-corrected chi connectivity index (χ0v) is 12.1. The second-order valence-electron chi connectivity index (χ2n) is 5.51. The summed E-state index contributed by atoms with van der Waals surface area (Å²) in [6.45, 7) is 0. The Morgan fingerprint density at radius 2 is 2.09 bits per heavy atom. The minimum Gasteiger partial charge on any atom is -0.480 e. The van der Waals surface area contributed by atoms with Crippen LogP contribution < -0.4 is 4.74 Å². The minimum absolute atomic E-state index is 0.218. The molecular weight excluding hydrogens is 292 g/mol. The molecule has 23 heavy (non-hydrogen) atoms. The van der Waals surface area contributed by atoms with Crippen LogP contribution in [0.5, 0.6) is 5.75 Å². The first kappa shape index (κ1) is 12.4. The standard InChI is InChI=1S/C17H12N4O2/c1-2-4-14-10(3-1)8-15(22-14)17-20-16(21-23-17)11-5-6-12-13(7-11)19-9-18-12/h1-7,9,15H,8H2,(H,18,19). The van der Waals surface area contributed by atoms with Crippen molar-refractivity contribution in [2.45, 2.75) is 12.5 Å². The minimum atomic E-state index is -0.218. The number of hydrogen-bond donors (Lipinski definition) is 1. The lowest BCUT2D eigenvalue weighted by atomic mass is 10.1. The first-order valence-electron chi connectivity index (χ1n) is 7.38. The third-order valence-corrected chi connectivity index (χ3v) is 4.04. The van der Waals surface area contributed by atoms with Gasteiger partial charge in [-0.05, 0) is 29.8 Å². The van der Waals surface area contributed by atoms with Crippen molar-refractivity contribution in [3.8, 4) is 17.1 Å². The summed E-state index contributed by atoms with van der Waals surface area (Å²) < 4.78 is 11.3. The molecule has 1 atom stereocenters. The van der Waals surface area contributed by atoms with Crippen LogP contribution in [0.25, 0.3) is 22.4 Å². The second kappa shape index (κ2) is 4.67. The molecule has 112 valence electrons. The third-order valence-electron chi connectivity index (χ3n) is 4.04. The van der Waals surface area contributed by atoms with Crippen LogP contribution in [0.4, 0.5) is 0 Å². The molecule has 0 bridgehead atoms.